The van der Waals surface area contributed by atoms with Gasteiger partial charge in [0.25, 0.3) is 0 Å². The molecule has 0 aliphatic carbocycles. The van der Waals surface area contributed by atoms with E-state index in [1.54, 1.807) is 0 Å². The predicted molar refractivity (Wildman–Crippen MR) is 48.5 cm³/mol. The first kappa shape index (κ1) is 9.01. The Bertz CT molecular complexity index is 106. The zero-order chi connectivity index (χ0) is 8.27. The van der Waals surface area contributed by atoms with Gasteiger partial charge in [0.1, 0.15) is 0 Å². The van der Waals surface area contributed by atoms with Crippen LogP contribution < -0.4 is 11.1 Å². The lowest BCUT2D eigenvalue weighted by atomic mass is 9.97. The molecule has 0 spiro atoms. The van der Waals surface area contributed by atoms with Gasteiger partial charge in [-0.05, 0) is 31.7 Å². The molecule has 2 atom stereocenters. The van der Waals surface area contributed by atoms with Gasteiger partial charge in [-0.25, -0.2) is 0 Å². The van der Waals surface area contributed by atoms with Gasteiger partial charge < -0.3 is 11.1 Å². The highest BCUT2D eigenvalue weighted by Gasteiger charge is 2.18. The minimum atomic E-state index is 0.380. The van der Waals surface area contributed by atoms with Crippen LogP contribution in [0.5, 0.6) is 0 Å². The first-order valence-corrected chi connectivity index (χ1v) is 4.69. The van der Waals surface area contributed by atoms with Crippen molar-refractivity contribution in [3.8, 4) is 0 Å². The number of nitrogens with two attached hydrogens (primary N) is 1. The molecule has 1 saturated heterocycles. The number of rotatable bonds is 3. The number of hydrogen-bond donors (Lipinski definition) is 2. The fourth-order valence-electron chi connectivity index (χ4n) is 1.56. The van der Waals surface area contributed by atoms with Crippen LogP contribution >= 0.6 is 0 Å². The van der Waals surface area contributed by atoms with Gasteiger partial charge in [-0.2, -0.15) is 0 Å². The van der Waals surface area contributed by atoms with Crippen molar-refractivity contribution in [1.82, 2.24) is 5.32 Å². The Hall–Kier alpha value is -0.0800. The summed E-state index contributed by atoms with van der Waals surface area (Å²) in [5, 5.41) is 3.46. The summed E-state index contributed by atoms with van der Waals surface area (Å²) < 4.78 is 0. The van der Waals surface area contributed by atoms with E-state index in [0.29, 0.717) is 18.0 Å². The Labute approximate surface area is 69.5 Å². The summed E-state index contributed by atoms with van der Waals surface area (Å²) in [6.07, 6.45) is 3.80. The maximum atomic E-state index is 5.96. The minimum Gasteiger partial charge on any atom is -0.327 e. The first-order chi connectivity index (χ1) is 5.20. The second kappa shape index (κ2) is 4.07. The third-order valence-corrected chi connectivity index (χ3v) is 2.58. The third-order valence-electron chi connectivity index (χ3n) is 2.58. The molecule has 0 saturated carbocycles. The molecule has 1 fully saturated rings. The van der Waals surface area contributed by atoms with Gasteiger partial charge in [-0.1, -0.05) is 13.8 Å². The second-order valence-corrected chi connectivity index (χ2v) is 3.94. The quantitative estimate of drug-likeness (QED) is 0.642. The largest absolute Gasteiger partial charge is 0.327 e. The van der Waals surface area contributed by atoms with E-state index in [-0.39, 0.29) is 0 Å². The molecule has 0 radical (unpaired) electrons. The van der Waals surface area contributed by atoms with Crippen LogP contribution in [0.25, 0.3) is 0 Å². The molecule has 0 aromatic carbocycles. The predicted octanol–water partition coefficient (Wildman–Crippen LogP) is 1.11. The monoisotopic (exact) mass is 156 g/mol. The zero-order valence-electron chi connectivity index (χ0n) is 7.64. The SMILES string of the molecule is CC(C)C(N)C[C@H]1CCCN1. The number of nitrogens with one attached hydrogen (secondary N) is 1. The van der Waals surface area contributed by atoms with Crippen LogP contribution in [0, 0.1) is 5.92 Å². The summed E-state index contributed by atoms with van der Waals surface area (Å²) in [7, 11) is 0. The lowest BCUT2D eigenvalue weighted by Crippen LogP contribution is -2.34. The Morgan fingerprint density at radius 3 is 2.73 bits per heavy atom. The van der Waals surface area contributed by atoms with E-state index in [1.807, 2.05) is 0 Å². The van der Waals surface area contributed by atoms with Crippen molar-refractivity contribution in [3.63, 3.8) is 0 Å². The van der Waals surface area contributed by atoms with Gasteiger partial charge in [0.2, 0.25) is 0 Å². The summed E-state index contributed by atoms with van der Waals surface area (Å²) in [6.45, 7) is 5.58. The molecular formula is C9H20N2. The molecule has 1 heterocycles. The fourth-order valence-corrected chi connectivity index (χ4v) is 1.56. The van der Waals surface area contributed by atoms with Gasteiger partial charge in [0.15, 0.2) is 0 Å². The van der Waals surface area contributed by atoms with Crippen molar-refractivity contribution in [1.29, 1.82) is 0 Å². The topological polar surface area (TPSA) is 38.0 Å². The molecule has 0 bridgehead atoms. The lowest BCUT2D eigenvalue weighted by molar-refractivity contribution is 0.407. The van der Waals surface area contributed by atoms with E-state index >= 15 is 0 Å². The van der Waals surface area contributed by atoms with Crippen LogP contribution in [0.3, 0.4) is 0 Å². The van der Waals surface area contributed by atoms with E-state index < -0.39 is 0 Å². The first-order valence-electron chi connectivity index (χ1n) is 4.69. The highest BCUT2D eigenvalue weighted by molar-refractivity contribution is 4.79. The molecule has 1 unspecified atom stereocenters. The molecule has 66 valence electrons. The fraction of sp³-hybridized carbons (Fsp3) is 1.00. The summed E-state index contributed by atoms with van der Waals surface area (Å²) in [5.41, 5.74) is 5.96. The maximum Gasteiger partial charge on any atom is 0.00823 e. The summed E-state index contributed by atoms with van der Waals surface area (Å²) in [4.78, 5) is 0. The standard InChI is InChI=1S/C9H20N2/c1-7(2)9(10)6-8-4-3-5-11-8/h7-9,11H,3-6,10H2,1-2H3/t8-,9?/m1/s1. The smallest absolute Gasteiger partial charge is 0.00823 e. The second-order valence-electron chi connectivity index (χ2n) is 3.94. The molecule has 2 nitrogen and oxygen atoms in total. The lowest BCUT2D eigenvalue weighted by Gasteiger charge is -2.19. The van der Waals surface area contributed by atoms with Crippen molar-refractivity contribution < 1.29 is 0 Å². The average molecular weight is 156 g/mol. The molecule has 0 amide bonds. The molecule has 1 rings (SSSR count). The van der Waals surface area contributed by atoms with Crippen molar-refractivity contribution in [2.75, 3.05) is 6.54 Å². The van der Waals surface area contributed by atoms with E-state index in [2.05, 4.69) is 19.2 Å². The molecular weight excluding hydrogens is 136 g/mol. The van der Waals surface area contributed by atoms with E-state index in [9.17, 15) is 0 Å². The number of hydrogen-bond acceptors (Lipinski definition) is 2. The van der Waals surface area contributed by atoms with Crippen LogP contribution in [-0.2, 0) is 0 Å². The molecule has 1 aliphatic rings. The van der Waals surface area contributed by atoms with E-state index in [0.717, 1.165) is 6.42 Å². The summed E-state index contributed by atoms with van der Waals surface area (Å²) in [5.74, 6) is 0.623. The summed E-state index contributed by atoms with van der Waals surface area (Å²) in [6, 6.07) is 1.08. The molecule has 2 heteroatoms. The van der Waals surface area contributed by atoms with Crippen molar-refractivity contribution in [2.45, 2.75) is 45.2 Å². The third kappa shape index (κ3) is 2.80. The minimum absolute atomic E-state index is 0.380. The highest BCUT2D eigenvalue weighted by Crippen LogP contribution is 2.13. The molecule has 11 heavy (non-hydrogen) atoms. The molecule has 3 N–H and O–H groups in total. The van der Waals surface area contributed by atoms with Gasteiger partial charge in [0, 0.05) is 12.1 Å². The molecule has 0 aromatic rings. The summed E-state index contributed by atoms with van der Waals surface area (Å²) >= 11 is 0. The van der Waals surface area contributed by atoms with Gasteiger partial charge >= 0.3 is 0 Å². The van der Waals surface area contributed by atoms with Crippen LogP contribution in [0.2, 0.25) is 0 Å². The van der Waals surface area contributed by atoms with Crippen molar-refractivity contribution in [3.05, 3.63) is 0 Å². The Balaban J connectivity index is 2.18. The Morgan fingerprint density at radius 2 is 2.27 bits per heavy atom. The van der Waals surface area contributed by atoms with E-state index in [4.69, 9.17) is 5.73 Å². The maximum absolute atomic E-state index is 5.96. The van der Waals surface area contributed by atoms with Gasteiger partial charge in [-0.15, -0.1) is 0 Å². The van der Waals surface area contributed by atoms with Gasteiger partial charge in [0.05, 0.1) is 0 Å². The van der Waals surface area contributed by atoms with Crippen molar-refractivity contribution in [2.24, 2.45) is 11.7 Å². The van der Waals surface area contributed by atoms with Crippen LogP contribution in [0.4, 0.5) is 0 Å². The molecule has 0 aromatic heterocycles. The van der Waals surface area contributed by atoms with E-state index in [1.165, 1.54) is 19.4 Å². The van der Waals surface area contributed by atoms with Gasteiger partial charge in [-0.3, -0.25) is 0 Å². The van der Waals surface area contributed by atoms with Crippen LogP contribution in [-0.4, -0.2) is 18.6 Å². The van der Waals surface area contributed by atoms with Crippen LogP contribution in [0.15, 0.2) is 0 Å². The average Bonchev–Trinajstić information content (AvgIpc) is 2.39. The highest BCUT2D eigenvalue weighted by atomic mass is 14.9. The molecule has 1 aliphatic heterocycles. The Morgan fingerprint density at radius 1 is 1.55 bits per heavy atom. The zero-order valence-corrected chi connectivity index (χ0v) is 7.64. The normalized spacial score (nSPS) is 27.8. The van der Waals surface area contributed by atoms with Crippen LogP contribution in [0.1, 0.15) is 33.1 Å². The Kier molecular flexibility index (Phi) is 3.34. The van der Waals surface area contributed by atoms with Crippen molar-refractivity contribution >= 4 is 0 Å².